The highest BCUT2D eigenvalue weighted by molar-refractivity contribution is 5.97. The lowest BCUT2D eigenvalue weighted by Crippen LogP contribution is -2.21. The third-order valence-corrected chi connectivity index (χ3v) is 2.41. The van der Waals surface area contributed by atoms with E-state index in [-0.39, 0.29) is 5.91 Å². The highest BCUT2D eigenvalue weighted by atomic mass is 16.2. The van der Waals surface area contributed by atoms with Crippen LogP contribution >= 0.6 is 0 Å². The van der Waals surface area contributed by atoms with Gasteiger partial charge < -0.3 is 9.88 Å². The number of hydrogen-bond acceptors (Lipinski definition) is 1. The number of benzene rings is 1. The number of aromatic amines is 1. The topological polar surface area (TPSA) is 36.1 Å². The van der Waals surface area contributed by atoms with Gasteiger partial charge in [0.15, 0.2) is 0 Å². The van der Waals surface area contributed by atoms with Gasteiger partial charge in [-0.15, -0.1) is 0 Å². The van der Waals surface area contributed by atoms with Gasteiger partial charge >= 0.3 is 0 Å². The van der Waals surface area contributed by atoms with Gasteiger partial charge in [-0.25, -0.2) is 0 Å². The van der Waals surface area contributed by atoms with E-state index in [1.54, 1.807) is 19.0 Å². The number of aryl methyl sites for hydroxylation is 1. The van der Waals surface area contributed by atoms with Crippen LogP contribution in [0.25, 0.3) is 10.9 Å². The number of carbonyl (C=O) groups excluding carboxylic acids is 1. The van der Waals surface area contributed by atoms with Crippen LogP contribution in [0, 0.1) is 6.92 Å². The second-order valence-corrected chi connectivity index (χ2v) is 3.97. The molecule has 3 nitrogen and oxygen atoms in total. The minimum absolute atomic E-state index is 0.00357. The molecule has 1 N–H and O–H groups in total. The van der Waals surface area contributed by atoms with Gasteiger partial charge in [0.2, 0.25) is 0 Å². The molecule has 0 bridgehead atoms. The van der Waals surface area contributed by atoms with Crippen molar-refractivity contribution >= 4 is 16.8 Å². The molecule has 0 spiro atoms. The van der Waals surface area contributed by atoms with Gasteiger partial charge in [-0.2, -0.15) is 0 Å². The van der Waals surface area contributed by atoms with Crippen LogP contribution in [-0.2, 0) is 0 Å². The van der Waals surface area contributed by atoms with E-state index < -0.39 is 0 Å². The summed E-state index contributed by atoms with van der Waals surface area (Å²) in [5.41, 5.74) is 2.84. The summed E-state index contributed by atoms with van der Waals surface area (Å²) in [5, 5.41) is 1.07. The number of nitrogens with zero attached hydrogens (tertiary/aromatic N) is 1. The molecule has 0 saturated heterocycles. The first-order valence-corrected chi connectivity index (χ1v) is 4.89. The largest absolute Gasteiger partial charge is 0.351 e. The van der Waals surface area contributed by atoms with E-state index >= 15 is 0 Å². The van der Waals surface area contributed by atoms with E-state index in [4.69, 9.17) is 0 Å². The molecule has 0 aliphatic carbocycles. The summed E-state index contributed by atoms with van der Waals surface area (Å²) < 4.78 is 0. The quantitative estimate of drug-likeness (QED) is 0.756. The predicted octanol–water partition coefficient (Wildman–Crippen LogP) is 2.18. The summed E-state index contributed by atoms with van der Waals surface area (Å²) in [4.78, 5) is 16.4. The fraction of sp³-hybridized carbons (Fsp3) is 0.250. The fourth-order valence-corrected chi connectivity index (χ4v) is 1.60. The molecule has 3 heteroatoms. The number of H-pyrrole nitrogens is 1. The molecule has 0 aliphatic heterocycles. The Labute approximate surface area is 88.7 Å². The van der Waals surface area contributed by atoms with Crippen LogP contribution in [0.3, 0.4) is 0 Å². The van der Waals surface area contributed by atoms with Gasteiger partial charge in [0, 0.05) is 25.0 Å². The van der Waals surface area contributed by atoms with Crippen molar-refractivity contribution in [2.45, 2.75) is 6.92 Å². The van der Waals surface area contributed by atoms with Crippen LogP contribution in [-0.4, -0.2) is 29.9 Å². The molecule has 1 amide bonds. The predicted molar refractivity (Wildman–Crippen MR) is 61.1 cm³/mol. The van der Waals surface area contributed by atoms with Crippen molar-refractivity contribution in [3.8, 4) is 0 Å². The molecule has 1 aromatic heterocycles. The van der Waals surface area contributed by atoms with Crippen LogP contribution in [0.5, 0.6) is 0 Å². The molecule has 0 atom stereocenters. The van der Waals surface area contributed by atoms with Crippen molar-refractivity contribution in [1.82, 2.24) is 9.88 Å². The Morgan fingerprint density at radius 1 is 1.27 bits per heavy atom. The maximum absolute atomic E-state index is 11.7. The maximum atomic E-state index is 11.7. The van der Waals surface area contributed by atoms with Crippen molar-refractivity contribution in [2.24, 2.45) is 0 Å². The maximum Gasteiger partial charge on any atom is 0.269 e. The zero-order valence-corrected chi connectivity index (χ0v) is 9.16. The normalized spacial score (nSPS) is 10.6. The van der Waals surface area contributed by atoms with Crippen LogP contribution < -0.4 is 0 Å². The van der Waals surface area contributed by atoms with Crippen molar-refractivity contribution < 1.29 is 4.79 Å². The third kappa shape index (κ3) is 1.73. The van der Waals surface area contributed by atoms with Gasteiger partial charge in [0.25, 0.3) is 5.91 Å². The van der Waals surface area contributed by atoms with Gasteiger partial charge in [0.05, 0.1) is 0 Å². The molecule has 2 aromatic rings. The van der Waals surface area contributed by atoms with Crippen LogP contribution in [0.2, 0.25) is 0 Å². The minimum atomic E-state index is 0.00357. The third-order valence-electron chi connectivity index (χ3n) is 2.41. The zero-order valence-electron chi connectivity index (χ0n) is 9.16. The average Bonchev–Trinajstić information content (AvgIpc) is 2.58. The summed E-state index contributed by atoms with van der Waals surface area (Å²) in [6.45, 7) is 2.04. The summed E-state index contributed by atoms with van der Waals surface area (Å²) >= 11 is 0. The SMILES string of the molecule is Cc1ccc2cc(C(=O)N(C)C)[nH]c2c1. The van der Waals surface area contributed by atoms with Crippen LogP contribution in [0.15, 0.2) is 24.3 Å². The molecule has 0 saturated carbocycles. The lowest BCUT2D eigenvalue weighted by Gasteiger charge is -2.07. The summed E-state index contributed by atoms with van der Waals surface area (Å²) in [6.07, 6.45) is 0. The second-order valence-electron chi connectivity index (χ2n) is 3.97. The average molecular weight is 202 g/mol. The van der Waals surface area contributed by atoms with Gasteiger partial charge in [-0.3, -0.25) is 4.79 Å². The van der Waals surface area contributed by atoms with E-state index in [0.29, 0.717) is 5.69 Å². The summed E-state index contributed by atoms with van der Waals surface area (Å²) in [5.74, 6) is 0.00357. The molecule has 0 fully saturated rings. The molecule has 1 aromatic carbocycles. The first-order chi connectivity index (χ1) is 7.08. The molecule has 0 radical (unpaired) electrons. The number of carbonyl (C=O) groups is 1. The monoisotopic (exact) mass is 202 g/mol. The standard InChI is InChI=1S/C12H14N2O/c1-8-4-5-9-7-11(12(15)14(2)3)13-10(9)6-8/h4-7,13H,1-3H3. The van der Waals surface area contributed by atoms with Crippen LogP contribution in [0.4, 0.5) is 0 Å². The first kappa shape index (κ1) is 9.77. The molecular formula is C12H14N2O. The van der Waals surface area contributed by atoms with E-state index in [1.165, 1.54) is 5.56 Å². The van der Waals surface area contributed by atoms with E-state index in [9.17, 15) is 4.79 Å². The molecule has 78 valence electrons. The van der Waals surface area contributed by atoms with Crippen molar-refractivity contribution in [1.29, 1.82) is 0 Å². The molecule has 0 unspecified atom stereocenters. The van der Waals surface area contributed by atoms with E-state index in [1.807, 2.05) is 31.2 Å². The lowest BCUT2D eigenvalue weighted by atomic mass is 10.2. The Hall–Kier alpha value is -1.77. The van der Waals surface area contributed by atoms with Crippen LogP contribution in [0.1, 0.15) is 16.1 Å². The number of rotatable bonds is 1. The molecule has 2 rings (SSSR count). The van der Waals surface area contributed by atoms with Gasteiger partial charge in [-0.05, 0) is 24.6 Å². The highest BCUT2D eigenvalue weighted by Gasteiger charge is 2.10. The van der Waals surface area contributed by atoms with Crippen molar-refractivity contribution in [3.05, 3.63) is 35.5 Å². The Morgan fingerprint density at radius 2 is 2.00 bits per heavy atom. The molecule has 15 heavy (non-hydrogen) atoms. The Kier molecular flexibility index (Phi) is 2.23. The highest BCUT2D eigenvalue weighted by Crippen LogP contribution is 2.17. The zero-order chi connectivity index (χ0) is 11.0. The Balaban J connectivity index is 2.52. The van der Waals surface area contributed by atoms with Crippen molar-refractivity contribution in [2.75, 3.05) is 14.1 Å². The Bertz CT molecular complexity index is 511. The van der Waals surface area contributed by atoms with E-state index in [0.717, 1.165) is 10.9 Å². The number of hydrogen-bond donors (Lipinski definition) is 1. The lowest BCUT2D eigenvalue weighted by molar-refractivity contribution is 0.0823. The fourth-order valence-electron chi connectivity index (χ4n) is 1.60. The first-order valence-electron chi connectivity index (χ1n) is 4.89. The smallest absolute Gasteiger partial charge is 0.269 e. The molecular weight excluding hydrogens is 188 g/mol. The van der Waals surface area contributed by atoms with Crippen molar-refractivity contribution in [3.63, 3.8) is 0 Å². The second kappa shape index (κ2) is 3.42. The summed E-state index contributed by atoms with van der Waals surface area (Å²) in [6, 6.07) is 7.99. The Morgan fingerprint density at radius 3 is 2.67 bits per heavy atom. The molecule has 0 aliphatic rings. The van der Waals surface area contributed by atoms with E-state index in [2.05, 4.69) is 4.98 Å². The number of aromatic nitrogens is 1. The number of amides is 1. The minimum Gasteiger partial charge on any atom is -0.351 e. The summed E-state index contributed by atoms with van der Waals surface area (Å²) in [7, 11) is 3.50. The molecule has 1 heterocycles. The van der Waals surface area contributed by atoms with Gasteiger partial charge in [0.1, 0.15) is 5.69 Å². The number of fused-ring (bicyclic) bond motifs is 1. The van der Waals surface area contributed by atoms with Gasteiger partial charge in [-0.1, -0.05) is 12.1 Å². The number of nitrogens with one attached hydrogen (secondary N) is 1.